The molecule has 1 rings (SSSR count). The summed E-state index contributed by atoms with van der Waals surface area (Å²) in [5.41, 5.74) is 6.83. The predicted octanol–water partition coefficient (Wildman–Crippen LogP) is 1.23. The second kappa shape index (κ2) is 5.83. The van der Waals surface area contributed by atoms with Gasteiger partial charge in [0.1, 0.15) is 0 Å². The number of hydrogen-bond acceptors (Lipinski definition) is 2. The number of likely N-dealkylation sites (N-methyl/N-ethyl adjacent to an activating group) is 1. The molecule has 1 aromatic heterocycles. The number of nitrogens with one attached hydrogen (secondary N) is 1. The lowest BCUT2D eigenvalue weighted by Crippen LogP contribution is -2.32. The van der Waals surface area contributed by atoms with Crippen molar-refractivity contribution >= 4 is 0 Å². The van der Waals surface area contributed by atoms with E-state index in [4.69, 9.17) is 5.73 Å². The molecular weight excluding hydrogens is 174 g/mol. The first-order chi connectivity index (χ1) is 6.74. The summed E-state index contributed by atoms with van der Waals surface area (Å²) < 4.78 is 0. The van der Waals surface area contributed by atoms with Gasteiger partial charge in [0.2, 0.25) is 0 Å². The van der Waals surface area contributed by atoms with Gasteiger partial charge in [0.15, 0.2) is 0 Å². The molecule has 1 unspecified atom stereocenters. The minimum absolute atomic E-state index is 0.579. The van der Waals surface area contributed by atoms with Crippen LogP contribution in [0.15, 0.2) is 18.3 Å². The van der Waals surface area contributed by atoms with E-state index in [1.165, 1.54) is 5.69 Å². The summed E-state index contributed by atoms with van der Waals surface area (Å²) >= 11 is 0. The van der Waals surface area contributed by atoms with Crippen molar-refractivity contribution in [2.24, 2.45) is 5.73 Å². The molecule has 0 spiro atoms. The van der Waals surface area contributed by atoms with Crippen LogP contribution in [0.4, 0.5) is 0 Å². The van der Waals surface area contributed by atoms with E-state index in [-0.39, 0.29) is 0 Å². The van der Waals surface area contributed by atoms with Crippen LogP contribution in [0.1, 0.15) is 19.0 Å². The van der Waals surface area contributed by atoms with Crippen molar-refractivity contribution < 1.29 is 0 Å². The molecule has 1 heterocycles. The Labute approximate surface area is 86.3 Å². The largest absolute Gasteiger partial charge is 0.365 e. The number of hydrogen-bond donors (Lipinski definition) is 2. The van der Waals surface area contributed by atoms with Crippen LogP contribution >= 0.6 is 0 Å². The van der Waals surface area contributed by atoms with E-state index >= 15 is 0 Å². The molecular formula is C11H21N3. The molecule has 1 aromatic rings. The molecule has 0 amide bonds. The zero-order valence-corrected chi connectivity index (χ0v) is 9.16. The fourth-order valence-electron chi connectivity index (χ4n) is 1.50. The van der Waals surface area contributed by atoms with Gasteiger partial charge in [-0.05, 0) is 39.1 Å². The maximum atomic E-state index is 5.53. The van der Waals surface area contributed by atoms with E-state index in [0.717, 1.165) is 25.9 Å². The van der Waals surface area contributed by atoms with E-state index in [1.807, 2.05) is 12.3 Å². The molecule has 0 aliphatic heterocycles. The first-order valence-electron chi connectivity index (χ1n) is 5.26. The maximum absolute atomic E-state index is 5.53. The number of nitrogens with two attached hydrogens (primary N) is 1. The van der Waals surface area contributed by atoms with Crippen LogP contribution in [0.5, 0.6) is 0 Å². The Kier molecular flexibility index (Phi) is 4.70. The summed E-state index contributed by atoms with van der Waals surface area (Å²) in [5, 5.41) is 0. The van der Waals surface area contributed by atoms with Crippen molar-refractivity contribution in [3.8, 4) is 0 Å². The lowest BCUT2D eigenvalue weighted by Gasteiger charge is -2.23. The summed E-state index contributed by atoms with van der Waals surface area (Å²) in [4.78, 5) is 5.57. The van der Waals surface area contributed by atoms with E-state index in [0.29, 0.717) is 6.04 Å². The quantitative estimate of drug-likeness (QED) is 0.717. The molecule has 0 saturated carbocycles. The Hall–Kier alpha value is -0.800. The Bertz CT molecular complexity index is 231. The molecule has 14 heavy (non-hydrogen) atoms. The Morgan fingerprint density at radius 2 is 2.36 bits per heavy atom. The summed E-state index contributed by atoms with van der Waals surface area (Å²) in [6.45, 7) is 4.08. The highest BCUT2D eigenvalue weighted by Gasteiger charge is 2.07. The molecule has 3 heteroatoms. The molecule has 0 bridgehead atoms. The second-order valence-corrected chi connectivity index (χ2v) is 3.85. The minimum atomic E-state index is 0.579. The third kappa shape index (κ3) is 3.52. The lowest BCUT2D eigenvalue weighted by atomic mass is 10.2. The third-order valence-corrected chi connectivity index (χ3v) is 2.73. The van der Waals surface area contributed by atoms with Gasteiger partial charge < -0.3 is 15.6 Å². The zero-order chi connectivity index (χ0) is 10.4. The number of nitrogens with zero attached hydrogens (tertiary/aromatic N) is 1. The Morgan fingerprint density at radius 1 is 1.57 bits per heavy atom. The van der Waals surface area contributed by atoms with Gasteiger partial charge in [-0.2, -0.15) is 0 Å². The standard InChI is InChI=1S/C11H21N3/c1-10(5-7-12)14(2)9-6-11-4-3-8-13-11/h3-4,8,10,13H,5-7,9,12H2,1-2H3. The van der Waals surface area contributed by atoms with Crippen LogP contribution in [-0.4, -0.2) is 36.1 Å². The number of rotatable bonds is 6. The zero-order valence-electron chi connectivity index (χ0n) is 9.16. The Balaban J connectivity index is 2.24. The predicted molar refractivity (Wildman–Crippen MR) is 60.3 cm³/mol. The average Bonchev–Trinajstić information content (AvgIpc) is 2.67. The van der Waals surface area contributed by atoms with E-state index in [2.05, 4.69) is 29.9 Å². The highest BCUT2D eigenvalue weighted by molar-refractivity contribution is 5.03. The van der Waals surface area contributed by atoms with Crippen LogP contribution in [0.2, 0.25) is 0 Å². The van der Waals surface area contributed by atoms with Gasteiger partial charge in [0.25, 0.3) is 0 Å². The molecule has 0 saturated heterocycles. The highest BCUT2D eigenvalue weighted by Crippen LogP contribution is 2.02. The van der Waals surface area contributed by atoms with Crippen molar-refractivity contribution in [2.75, 3.05) is 20.1 Å². The smallest absolute Gasteiger partial charge is 0.0159 e. The molecule has 3 nitrogen and oxygen atoms in total. The van der Waals surface area contributed by atoms with Crippen LogP contribution in [0.3, 0.4) is 0 Å². The number of H-pyrrole nitrogens is 1. The average molecular weight is 195 g/mol. The summed E-state index contributed by atoms with van der Waals surface area (Å²) in [7, 11) is 2.16. The molecule has 3 N–H and O–H groups in total. The van der Waals surface area contributed by atoms with Crippen LogP contribution in [0.25, 0.3) is 0 Å². The molecule has 0 fully saturated rings. The summed E-state index contributed by atoms with van der Waals surface area (Å²) in [6, 6.07) is 4.75. The SMILES string of the molecule is CC(CCN)N(C)CCc1ccc[nH]1. The summed E-state index contributed by atoms with van der Waals surface area (Å²) in [6.07, 6.45) is 4.12. The topological polar surface area (TPSA) is 45.0 Å². The molecule has 80 valence electrons. The first-order valence-corrected chi connectivity index (χ1v) is 5.26. The van der Waals surface area contributed by atoms with Gasteiger partial charge in [-0.25, -0.2) is 0 Å². The molecule has 0 aromatic carbocycles. The normalized spacial score (nSPS) is 13.4. The van der Waals surface area contributed by atoms with Gasteiger partial charge in [0, 0.05) is 30.9 Å². The third-order valence-electron chi connectivity index (χ3n) is 2.73. The fourth-order valence-corrected chi connectivity index (χ4v) is 1.50. The first kappa shape index (κ1) is 11.3. The van der Waals surface area contributed by atoms with E-state index in [1.54, 1.807) is 0 Å². The summed E-state index contributed by atoms with van der Waals surface area (Å²) in [5.74, 6) is 0. The van der Waals surface area contributed by atoms with E-state index in [9.17, 15) is 0 Å². The van der Waals surface area contributed by atoms with Crippen molar-refractivity contribution in [1.29, 1.82) is 0 Å². The van der Waals surface area contributed by atoms with Gasteiger partial charge in [-0.3, -0.25) is 0 Å². The lowest BCUT2D eigenvalue weighted by molar-refractivity contribution is 0.251. The number of aromatic amines is 1. The minimum Gasteiger partial charge on any atom is -0.365 e. The van der Waals surface area contributed by atoms with Gasteiger partial charge in [-0.1, -0.05) is 0 Å². The molecule has 0 aliphatic rings. The molecule has 0 aliphatic carbocycles. The van der Waals surface area contributed by atoms with Crippen molar-refractivity contribution in [3.63, 3.8) is 0 Å². The molecule has 1 atom stereocenters. The second-order valence-electron chi connectivity index (χ2n) is 3.85. The highest BCUT2D eigenvalue weighted by atomic mass is 15.1. The Morgan fingerprint density at radius 3 is 2.93 bits per heavy atom. The van der Waals surface area contributed by atoms with Crippen molar-refractivity contribution in [1.82, 2.24) is 9.88 Å². The van der Waals surface area contributed by atoms with Crippen LogP contribution < -0.4 is 5.73 Å². The fraction of sp³-hybridized carbons (Fsp3) is 0.636. The number of aromatic nitrogens is 1. The van der Waals surface area contributed by atoms with Crippen LogP contribution in [-0.2, 0) is 6.42 Å². The van der Waals surface area contributed by atoms with Crippen LogP contribution in [0, 0.1) is 0 Å². The monoisotopic (exact) mass is 195 g/mol. The maximum Gasteiger partial charge on any atom is 0.0159 e. The van der Waals surface area contributed by atoms with Gasteiger partial charge in [0.05, 0.1) is 0 Å². The van der Waals surface area contributed by atoms with E-state index < -0.39 is 0 Å². The van der Waals surface area contributed by atoms with Gasteiger partial charge >= 0.3 is 0 Å². The molecule has 0 radical (unpaired) electrons. The van der Waals surface area contributed by atoms with Crippen molar-refractivity contribution in [3.05, 3.63) is 24.0 Å². The van der Waals surface area contributed by atoms with Gasteiger partial charge in [-0.15, -0.1) is 0 Å². The van der Waals surface area contributed by atoms with Crippen molar-refractivity contribution in [2.45, 2.75) is 25.8 Å².